The van der Waals surface area contributed by atoms with Crippen LogP contribution in [0, 0.1) is 0 Å². The highest BCUT2D eigenvalue weighted by Crippen LogP contribution is 1.97. The van der Waals surface area contributed by atoms with Gasteiger partial charge in [-0.05, 0) is 20.3 Å². The number of rotatable bonds is 12. The topological polar surface area (TPSA) is 237 Å². The van der Waals surface area contributed by atoms with E-state index < -0.39 is 66.1 Å². The van der Waals surface area contributed by atoms with Gasteiger partial charge in [-0.1, -0.05) is 0 Å². The Kier molecular flexibility index (Phi) is 10.2. The molecule has 0 aliphatic carbocycles. The minimum atomic E-state index is -1.54. The van der Waals surface area contributed by atoms with Gasteiger partial charge in [0.15, 0.2) is 0 Å². The Bertz CT molecular complexity index is 638. The number of hydrogen-bond acceptors (Lipinski definition) is 7. The summed E-state index contributed by atoms with van der Waals surface area (Å²) >= 11 is 0. The molecule has 0 aromatic rings. The highest BCUT2D eigenvalue weighted by Gasteiger charge is 2.27. The third-order valence-corrected chi connectivity index (χ3v) is 3.56. The van der Waals surface area contributed by atoms with Gasteiger partial charge in [0.25, 0.3) is 0 Å². The SMILES string of the molecule is CC(NC(=O)C(N)CCC(N)=O)C(=O)NC(C)C(=O)NC(CC(N)=O)C(=O)O. The van der Waals surface area contributed by atoms with Crippen molar-refractivity contribution in [2.24, 2.45) is 17.2 Å². The average molecular weight is 402 g/mol. The molecule has 0 saturated heterocycles. The van der Waals surface area contributed by atoms with Crippen molar-refractivity contribution in [3.63, 3.8) is 0 Å². The zero-order valence-electron chi connectivity index (χ0n) is 15.6. The van der Waals surface area contributed by atoms with Crippen LogP contribution >= 0.6 is 0 Å². The molecule has 0 heterocycles. The predicted molar refractivity (Wildman–Crippen MR) is 95.0 cm³/mol. The van der Waals surface area contributed by atoms with E-state index >= 15 is 0 Å². The van der Waals surface area contributed by atoms with Crippen molar-refractivity contribution in [2.75, 3.05) is 0 Å². The maximum atomic E-state index is 12.1. The largest absolute Gasteiger partial charge is 0.480 e. The molecule has 0 bridgehead atoms. The number of hydrogen-bond donors (Lipinski definition) is 7. The van der Waals surface area contributed by atoms with Crippen molar-refractivity contribution in [3.05, 3.63) is 0 Å². The number of carboxylic acids is 1. The second-order valence-electron chi connectivity index (χ2n) is 6.14. The number of primary amides is 2. The maximum Gasteiger partial charge on any atom is 0.326 e. The molecule has 0 spiro atoms. The number of amides is 5. The van der Waals surface area contributed by atoms with Gasteiger partial charge in [0.05, 0.1) is 12.5 Å². The molecule has 0 aromatic heterocycles. The Balaban J connectivity index is 4.63. The number of aliphatic carboxylic acids is 1. The van der Waals surface area contributed by atoms with E-state index in [4.69, 9.17) is 22.3 Å². The molecule has 13 heteroatoms. The Morgan fingerprint density at radius 3 is 1.71 bits per heavy atom. The number of carbonyl (C=O) groups is 6. The van der Waals surface area contributed by atoms with Gasteiger partial charge < -0.3 is 38.3 Å². The molecular formula is C15H26N6O7. The lowest BCUT2D eigenvalue weighted by molar-refractivity contribution is -0.143. The van der Waals surface area contributed by atoms with Gasteiger partial charge in [0, 0.05) is 6.42 Å². The van der Waals surface area contributed by atoms with Crippen LogP contribution in [0.15, 0.2) is 0 Å². The van der Waals surface area contributed by atoms with Crippen molar-refractivity contribution >= 4 is 35.5 Å². The van der Waals surface area contributed by atoms with Crippen LogP contribution in [0.5, 0.6) is 0 Å². The smallest absolute Gasteiger partial charge is 0.326 e. The second-order valence-corrected chi connectivity index (χ2v) is 6.14. The van der Waals surface area contributed by atoms with E-state index in [0.717, 1.165) is 0 Å². The highest BCUT2D eigenvalue weighted by atomic mass is 16.4. The van der Waals surface area contributed by atoms with E-state index in [-0.39, 0.29) is 12.8 Å². The third kappa shape index (κ3) is 9.47. The standard InChI is InChI=1S/C15H26N6O7/c1-6(20-14(26)8(16)3-4-10(17)22)12(24)19-7(2)13(25)21-9(15(27)28)5-11(18)23/h6-9H,3-5,16H2,1-2H3,(H2,17,22)(H2,18,23)(H,19,24)(H,20,26)(H,21,25)(H,27,28). The summed E-state index contributed by atoms with van der Waals surface area (Å²) in [5, 5.41) is 15.6. The Morgan fingerprint density at radius 2 is 1.29 bits per heavy atom. The van der Waals surface area contributed by atoms with Crippen molar-refractivity contribution < 1.29 is 33.9 Å². The zero-order valence-corrected chi connectivity index (χ0v) is 15.6. The summed E-state index contributed by atoms with van der Waals surface area (Å²) in [4.78, 5) is 68.4. The summed E-state index contributed by atoms with van der Waals surface area (Å²) < 4.78 is 0. The summed E-state index contributed by atoms with van der Waals surface area (Å²) in [6.45, 7) is 2.62. The van der Waals surface area contributed by atoms with E-state index in [0.29, 0.717) is 0 Å². The quantitative estimate of drug-likeness (QED) is 0.169. The fraction of sp³-hybridized carbons (Fsp3) is 0.600. The monoisotopic (exact) mass is 402 g/mol. The van der Waals surface area contributed by atoms with Gasteiger partial charge >= 0.3 is 5.97 Å². The molecule has 5 amide bonds. The van der Waals surface area contributed by atoms with Gasteiger partial charge in [0.2, 0.25) is 29.5 Å². The molecule has 158 valence electrons. The first-order valence-electron chi connectivity index (χ1n) is 8.31. The van der Waals surface area contributed by atoms with Crippen LogP contribution in [0.3, 0.4) is 0 Å². The first kappa shape index (κ1) is 24.8. The first-order valence-corrected chi connectivity index (χ1v) is 8.31. The lowest BCUT2D eigenvalue weighted by atomic mass is 10.1. The van der Waals surface area contributed by atoms with E-state index in [1.54, 1.807) is 0 Å². The summed E-state index contributed by atoms with van der Waals surface area (Å²) in [5.41, 5.74) is 15.5. The van der Waals surface area contributed by atoms with Gasteiger partial charge in [0.1, 0.15) is 18.1 Å². The van der Waals surface area contributed by atoms with Crippen molar-refractivity contribution in [3.8, 4) is 0 Å². The molecule has 0 radical (unpaired) electrons. The zero-order chi connectivity index (χ0) is 22.0. The van der Waals surface area contributed by atoms with Gasteiger partial charge in [-0.2, -0.15) is 0 Å². The lowest BCUT2D eigenvalue weighted by Gasteiger charge is -2.21. The van der Waals surface area contributed by atoms with Crippen molar-refractivity contribution in [1.29, 1.82) is 0 Å². The number of nitrogens with one attached hydrogen (secondary N) is 3. The molecule has 0 fully saturated rings. The van der Waals surface area contributed by atoms with E-state index in [1.807, 2.05) is 0 Å². The molecule has 4 unspecified atom stereocenters. The van der Waals surface area contributed by atoms with Gasteiger partial charge in [-0.25, -0.2) is 4.79 Å². The molecule has 13 nitrogen and oxygen atoms in total. The molecular weight excluding hydrogens is 376 g/mol. The number of carbonyl (C=O) groups excluding carboxylic acids is 5. The summed E-state index contributed by atoms with van der Waals surface area (Å²) in [6, 6.07) is -4.81. The second kappa shape index (κ2) is 11.5. The van der Waals surface area contributed by atoms with Crippen LogP contribution in [0.4, 0.5) is 0 Å². The Morgan fingerprint density at radius 1 is 0.821 bits per heavy atom. The van der Waals surface area contributed by atoms with Crippen molar-refractivity contribution in [1.82, 2.24) is 16.0 Å². The van der Waals surface area contributed by atoms with E-state index in [9.17, 15) is 28.8 Å². The summed E-state index contributed by atoms with van der Waals surface area (Å²) in [6.07, 6.45) is -0.704. The molecule has 0 aliphatic heterocycles. The molecule has 0 saturated carbocycles. The van der Waals surface area contributed by atoms with Crippen LogP contribution in [0.25, 0.3) is 0 Å². The summed E-state index contributed by atoms with van der Waals surface area (Å²) in [7, 11) is 0. The van der Waals surface area contributed by atoms with Gasteiger partial charge in [-0.3, -0.25) is 24.0 Å². The van der Waals surface area contributed by atoms with E-state index in [2.05, 4.69) is 16.0 Å². The van der Waals surface area contributed by atoms with Crippen LogP contribution in [0.2, 0.25) is 0 Å². The van der Waals surface area contributed by atoms with E-state index in [1.165, 1.54) is 13.8 Å². The molecule has 0 rings (SSSR count). The first-order chi connectivity index (χ1) is 12.8. The third-order valence-electron chi connectivity index (χ3n) is 3.56. The Labute approximate surface area is 160 Å². The Hall–Kier alpha value is -3.22. The minimum Gasteiger partial charge on any atom is -0.480 e. The molecule has 0 aromatic carbocycles. The maximum absolute atomic E-state index is 12.1. The van der Waals surface area contributed by atoms with Crippen LogP contribution < -0.4 is 33.2 Å². The summed E-state index contributed by atoms with van der Waals surface area (Å²) in [5.74, 6) is -5.29. The van der Waals surface area contributed by atoms with Crippen LogP contribution in [0.1, 0.15) is 33.1 Å². The van der Waals surface area contributed by atoms with Crippen LogP contribution in [-0.4, -0.2) is 64.8 Å². The molecule has 0 aliphatic rings. The molecule has 4 atom stereocenters. The fourth-order valence-corrected chi connectivity index (χ4v) is 1.92. The number of carboxylic acid groups (broad SMARTS) is 1. The van der Waals surface area contributed by atoms with Crippen LogP contribution in [-0.2, 0) is 28.8 Å². The minimum absolute atomic E-state index is 0.00472. The lowest BCUT2D eigenvalue weighted by Crippen LogP contribution is -2.55. The highest BCUT2D eigenvalue weighted by molar-refractivity contribution is 5.94. The average Bonchev–Trinajstić information content (AvgIpc) is 2.57. The normalized spacial score (nSPS) is 14.7. The molecule has 10 N–H and O–H groups in total. The fourth-order valence-electron chi connectivity index (χ4n) is 1.92. The van der Waals surface area contributed by atoms with Crippen molar-refractivity contribution in [2.45, 2.75) is 57.3 Å². The predicted octanol–water partition coefficient (Wildman–Crippen LogP) is -3.97. The number of nitrogens with two attached hydrogens (primary N) is 3. The molecule has 28 heavy (non-hydrogen) atoms. The van der Waals surface area contributed by atoms with Gasteiger partial charge in [-0.15, -0.1) is 0 Å².